The van der Waals surface area contributed by atoms with Crippen LogP contribution in [0.5, 0.6) is 0 Å². The van der Waals surface area contributed by atoms with Gasteiger partial charge in [-0.15, -0.1) is 0 Å². The van der Waals surface area contributed by atoms with Crippen molar-refractivity contribution in [2.45, 2.75) is 49.9 Å². The highest BCUT2D eigenvalue weighted by molar-refractivity contribution is 5.95. The zero-order valence-corrected chi connectivity index (χ0v) is 20.6. The number of carboxylic acids is 1. The Morgan fingerprint density at radius 1 is 1.13 bits per heavy atom. The molecule has 3 aromatic rings. The summed E-state index contributed by atoms with van der Waals surface area (Å²) in [5.41, 5.74) is 8.57. The monoisotopic (exact) mass is 525 g/mol. The van der Waals surface area contributed by atoms with Gasteiger partial charge in [0.05, 0.1) is 19.0 Å². The number of H-pyrrole nitrogens is 2. The molecule has 0 bridgehead atoms. The number of fused-ring (bicyclic) bond motifs is 1. The number of benzene rings is 1. The number of carbonyl (C=O) groups excluding carboxylic acids is 3. The molecule has 0 radical (unpaired) electrons. The molecule has 4 unspecified atom stereocenters. The number of nitrogens with two attached hydrogens (primary N) is 1. The first-order valence-electron chi connectivity index (χ1n) is 12.3. The van der Waals surface area contributed by atoms with Crippen LogP contribution in [0.3, 0.4) is 0 Å². The minimum Gasteiger partial charge on any atom is -0.480 e. The number of likely N-dealkylation sites (tertiary alicyclic amines) is 1. The fourth-order valence-corrected chi connectivity index (χ4v) is 4.69. The number of carbonyl (C=O) groups is 4. The molecule has 1 saturated heterocycles. The van der Waals surface area contributed by atoms with Gasteiger partial charge in [0.15, 0.2) is 0 Å². The van der Waals surface area contributed by atoms with Crippen LogP contribution in [0.4, 0.5) is 0 Å². The van der Waals surface area contributed by atoms with Gasteiger partial charge < -0.3 is 41.4 Å². The third-order valence-electron chi connectivity index (χ3n) is 6.68. The van der Waals surface area contributed by atoms with E-state index in [0.29, 0.717) is 25.1 Å². The molecule has 1 aromatic carbocycles. The smallest absolute Gasteiger partial charge is 0.326 e. The standard InChI is InChI=1S/C25H31N7O6/c26-17(8-14-10-28-18-5-2-1-4-16(14)18)24(36)32-7-3-6-21(32)23(35)31-20(12-33)22(34)30-19(25(37)38)9-15-11-27-13-29-15/h1-2,4-5,10-11,13,17,19-21,28,33H,3,6-9,12,26H2,(H,27,29)(H,30,34)(H,31,35)(H,37,38). The normalized spacial score (nSPS) is 17.6. The number of nitrogens with one attached hydrogen (secondary N) is 4. The summed E-state index contributed by atoms with van der Waals surface area (Å²) in [6, 6.07) is 3.23. The van der Waals surface area contributed by atoms with Crippen LogP contribution in [0.25, 0.3) is 10.9 Å². The minimum absolute atomic E-state index is 0.0631. The Balaban J connectivity index is 1.37. The summed E-state index contributed by atoms with van der Waals surface area (Å²) in [5.74, 6) is -3.15. The third kappa shape index (κ3) is 6.01. The fraction of sp³-hybridized carbons (Fsp3) is 0.400. The quantitative estimate of drug-likeness (QED) is 0.166. The van der Waals surface area contributed by atoms with Gasteiger partial charge in [0.25, 0.3) is 0 Å². The Morgan fingerprint density at radius 2 is 1.92 bits per heavy atom. The SMILES string of the molecule is NC(Cc1c[nH]c2ccccc12)C(=O)N1CCCC1C(=O)NC(CO)C(=O)NC(Cc1cnc[nH]1)C(=O)O. The van der Waals surface area contributed by atoms with E-state index in [1.54, 1.807) is 0 Å². The van der Waals surface area contributed by atoms with Gasteiger partial charge >= 0.3 is 5.97 Å². The topological polar surface area (TPSA) is 207 Å². The highest BCUT2D eigenvalue weighted by Crippen LogP contribution is 2.22. The predicted octanol–water partition coefficient (Wildman–Crippen LogP) is -0.959. The van der Waals surface area contributed by atoms with Gasteiger partial charge in [-0.05, 0) is 30.9 Å². The summed E-state index contributed by atoms with van der Waals surface area (Å²) < 4.78 is 0. The fourth-order valence-electron chi connectivity index (χ4n) is 4.69. The third-order valence-corrected chi connectivity index (χ3v) is 6.68. The van der Waals surface area contributed by atoms with E-state index < -0.39 is 48.6 Å². The van der Waals surface area contributed by atoms with Crippen molar-refractivity contribution in [3.8, 4) is 0 Å². The molecule has 1 fully saturated rings. The molecule has 3 amide bonds. The van der Waals surface area contributed by atoms with E-state index in [1.165, 1.54) is 17.4 Å². The molecular formula is C25H31N7O6. The molecule has 0 aliphatic carbocycles. The molecule has 4 atom stereocenters. The second-order valence-corrected chi connectivity index (χ2v) is 9.28. The number of amides is 3. The molecule has 4 rings (SSSR count). The lowest BCUT2D eigenvalue weighted by atomic mass is 10.0. The lowest BCUT2D eigenvalue weighted by Crippen LogP contribution is -2.58. The van der Waals surface area contributed by atoms with Crippen molar-refractivity contribution < 1.29 is 29.4 Å². The molecule has 1 aliphatic rings. The van der Waals surface area contributed by atoms with E-state index in [2.05, 4.69) is 25.6 Å². The van der Waals surface area contributed by atoms with Crippen LogP contribution in [0, 0.1) is 0 Å². The van der Waals surface area contributed by atoms with Crippen molar-refractivity contribution in [3.63, 3.8) is 0 Å². The second kappa shape index (κ2) is 11.9. The number of hydrogen-bond acceptors (Lipinski definition) is 7. The summed E-state index contributed by atoms with van der Waals surface area (Å²) >= 11 is 0. The van der Waals surface area contributed by atoms with E-state index >= 15 is 0 Å². The summed E-state index contributed by atoms with van der Waals surface area (Å²) in [5, 5.41) is 25.0. The molecule has 2 aromatic heterocycles. The number of nitrogens with zero attached hydrogens (tertiary/aromatic N) is 2. The Labute approximate surface area is 217 Å². The Kier molecular flexibility index (Phi) is 8.38. The second-order valence-electron chi connectivity index (χ2n) is 9.28. The maximum atomic E-state index is 13.2. The Morgan fingerprint density at radius 3 is 2.63 bits per heavy atom. The lowest BCUT2D eigenvalue weighted by Gasteiger charge is -2.28. The van der Waals surface area contributed by atoms with Crippen LogP contribution in [-0.2, 0) is 32.0 Å². The number of aliphatic hydroxyl groups is 1. The highest BCUT2D eigenvalue weighted by atomic mass is 16.4. The van der Waals surface area contributed by atoms with Gasteiger partial charge in [-0.25, -0.2) is 9.78 Å². The number of aliphatic carboxylic acids is 1. The predicted molar refractivity (Wildman–Crippen MR) is 136 cm³/mol. The maximum Gasteiger partial charge on any atom is 0.326 e. The summed E-state index contributed by atoms with van der Waals surface area (Å²) in [7, 11) is 0. The highest BCUT2D eigenvalue weighted by Gasteiger charge is 2.38. The first-order chi connectivity index (χ1) is 18.3. The van der Waals surface area contributed by atoms with Crippen molar-refractivity contribution >= 4 is 34.6 Å². The summed E-state index contributed by atoms with van der Waals surface area (Å²) in [6.07, 6.45) is 5.79. The summed E-state index contributed by atoms with van der Waals surface area (Å²) in [6.45, 7) is -0.422. The van der Waals surface area contributed by atoms with Gasteiger partial charge in [-0.3, -0.25) is 14.4 Å². The molecule has 0 spiro atoms. The number of aromatic nitrogens is 3. The maximum absolute atomic E-state index is 13.2. The first-order valence-corrected chi connectivity index (χ1v) is 12.3. The molecular weight excluding hydrogens is 494 g/mol. The van der Waals surface area contributed by atoms with Gasteiger partial charge in [-0.2, -0.15) is 0 Å². The van der Waals surface area contributed by atoms with Gasteiger partial charge in [0.1, 0.15) is 18.1 Å². The lowest BCUT2D eigenvalue weighted by molar-refractivity contribution is -0.143. The van der Waals surface area contributed by atoms with E-state index in [0.717, 1.165) is 16.5 Å². The molecule has 8 N–H and O–H groups in total. The van der Waals surface area contributed by atoms with Crippen molar-refractivity contribution in [2.24, 2.45) is 5.73 Å². The van der Waals surface area contributed by atoms with Crippen LogP contribution in [0.1, 0.15) is 24.1 Å². The van der Waals surface area contributed by atoms with E-state index in [-0.39, 0.29) is 18.7 Å². The average molecular weight is 526 g/mol. The van der Waals surface area contributed by atoms with Gasteiger partial charge in [0, 0.05) is 42.0 Å². The van der Waals surface area contributed by atoms with Crippen molar-refractivity contribution in [2.75, 3.05) is 13.2 Å². The molecule has 1 aliphatic heterocycles. The zero-order valence-electron chi connectivity index (χ0n) is 20.6. The summed E-state index contributed by atoms with van der Waals surface area (Å²) in [4.78, 5) is 61.7. The molecule has 13 nitrogen and oxygen atoms in total. The number of imidazole rings is 1. The number of para-hydroxylation sites is 1. The molecule has 202 valence electrons. The van der Waals surface area contributed by atoms with E-state index in [1.807, 2.05) is 30.5 Å². The number of rotatable bonds is 11. The van der Waals surface area contributed by atoms with Crippen molar-refractivity contribution in [1.82, 2.24) is 30.5 Å². The van der Waals surface area contributed by atoms with E-state index in [9.17, 15) is 29.4 Å². The van der Waals surface area contributed by atoms with Crippen LogP contribution >= 0.6 is 0 Å². The number of hydrogen-bond donors (Lipinski definition) is 7. The van der Waals surface area contributed by atoms with Crippen molar-refractivity contribution in [1.29, 1.82) is 0 Å². The molecule has 38 heavy (non-hydrogen) atoms. The minimum atomic E-state index is -1.40. The van der Waals surface area contributed by atoms with Gasteiger partial charge in [0.2, 0.25) is 17.7 Å². The number of carboxylic acid groups (broad SMARTS) is 1. The number of aliphatic hydroxyl groups excluding tert-OH is 1. The average Bonchev–Trinajstić information content (AvgIpc) is 3.68. The van der Waals surface area contributed by atoms with Gasteiger partial charge in [-0.1, -0.05) is 18.2 Å². The zero-order chi connectivity index (χ0) is 27.2. The number of aromatic amines is 2. The Bertz CT molecular complexity index is 1290. The largest absolute Gasteiger partial charge is 0.480 e. The van der Waals surface area contributed by atoms with Crippen LogP contribution in [0.15, 0.2) is 43.0 Å². The molecule has 3 heterocycles. The Hall–Kier alpha value is -4.23. The van der Waals surface area contributed by atoms with Crippen LogP contribution in [-0.4, -0.2) is 91.1 Å². The van der Waals surface area contributed by atoms with Crippen LogP contribution < -0.4 is 16.4 Å². The van der Waals surface area contributed by atoms with Crippen LogP contribution in [0.2, 0.25) is 0 Å². The molecule has 13 heteroatoms. The first kappa shape index (κ1) is 26.8. The van der Waals surface area contributed by atoms with E-state index in [4.69, 9.17) is 5.73 Å². The molecule has 0 saturated carbocycles. The van der Waals surface area contributed by atoms with Crippen molar-refractivity contribution in [3.05, 3.63) is 54.2 Å².